The van der Waals surface area contributed by atoms with Crippen LogP contribution in [0.3, 0.4) is 0 Å². The minimum atomic E-state index is -1.81. The summed E-state index contributed by atoms with van der Waals surface area (Å²) in [6.45, 7) is 6.14. The molecule has 0 unspecified atom stereocenters. The van der Waals surface area contributed by atoms with E-state index in [0.717, 1.165) is 21.1 Å². The fourth-order valence-corrected chi connectivity index (χ4v) is 15.5. The number of likely N-dealkylation sites (N-methyl/N-ethyl adjacent to an activating group) is 4. The molecule has 0 bridgehead atoms. The number of aromatic hydroxyl groups is 1. The van der Waals surface area contributed by atoms with Gasteiger partial charge in [-0.05, 0) is 101 Å². The van der Waals surface area contributed by atoms with Gasteiger partial charge in [-0.25, -0.2) is 0 Å². The molecule has 2 aromatic heterocycles. The lowest BCUT2D eigenvalue weighted by Gasteiger charge is -2.36. The number of hydrogen-bond donors (Lipinski definition) is 16. The lowest BCUT2D eigenvalue weighted by molar-refractivity contribution is -0.149. The van der Waals surface area contributed by atoms with E-state index >= 15 is 19.2 Å². The van der Waals surface area contributed by atoms with Crippen molar-refractivity contribution in [1.82, 2.24) is 82.3 Å². The van der Waals surface area contributed by atoms with Gasteiger partial charge in [0.1, 0.15) is 84.0 Å². The third kappa shape index (κ3) is 26.2. The minimum absolute atomic E-state index is 0.00570. The van der Waals surface area contributed by atoms with Crippen LogP contribution in [-0.4, -0.2) is 296 Å². The van der Waals surface area contributed by atoms with Gasteiger partial charge < -0.3 is 114 Å². The number of nitrogens with two attached hydrogens (primary N) is 2. The van der Waals surface area contributed by atoms with Crippen molar-refractivity contribution < 1.29 is 87.2 Å². The number of aromatic amines is 2. The maximum atomic E-state index is 15.2. The topological polar surface area (TPSA) is 525 Å². The van der Waals surface area contributed by atoms with Gasteiger partial charge in [0.05, 0.1) is 24.9 Å². The average molecular weight is 1680 g/mol. The molecule has 2 aliphatic heterocycles. The molecule has 650 valence electrons. The number of amides is 14. The summed E-state index contributed by atoms with van der Waals surface area (Å²) in [6.07, 6.45) is 2.83. The van der Waals surface area contributed by atoms with Gasteiger partial charge >= 0.3 is 0 Å². The Morgan fingerprint density at radius 3 is 1.69 bits per heavy atom. The predicted molar refractivity (Wildman–Crippen MR) is 444 cm³/mol. The number of primary amides is 1. The molecule has 0 aliphatic carbocycles. The van der Waals surface area contributed by atoms with E-state index in [4.69, 9.17) is 11.5 Å². The van der Waals surface area contributed by atoms with Gasteiger partial charge in [-0.1, -0.05) is 88.1 Å². The van der Waals surface area contributed by atoms with Crippen LogP contribution in [-0.2, 0) is 91.2 Å². The second-order valence-electron chi connectivity index (χ2n) is 30.6. The van der Waals surface area contributed by atoms with E-state index < -0.39 is 194 Å². The number of carbonyl (C=O) groups is 15. The third-order valence-corrected chi connectivity index (χ3v) is 23.0. The fourth-order valence-electron chi connectivity index (χ4n) is 14.6. The number of aromatic nitrogens is 2. The van der Waals surface area contributed by atoms with E-state index in [2.05, 4.69) is 57.8 Å². The van der Waals surface area contributed by atoms with Gasteiger partial charge in [-0.3, -0.25) is 67.1 Å². The molecule has 5 aromatic rings. The Kier molecular flexibility index (Phi) is 36.6. The van der Waals surface area contributed by atoms with Crippen LogP contribution in [0.25, 0.3) is 21.8 Å². The molecule has 0 saturated carbocycles. The van der Waals surface area contributed by atoms with Crippen molar-refractivity contribution in [2.24, 2.45) is 11.5 Å². The molecule has 37 heteroatoms. The Morgan fingerprint density at radius 1 is 0.588 bits per heavy atom. The summed E-state index contributed by atoms with van der Waals surface area (Å²) in [6, 6.07) is 2.99. The molecule has 3 aromatic carbocycles. The van der Waals surface area contributed by atoms with Crippen LogP contribution >= 0.6 is 11.8 Å². The highest BCUT2D eigenvalue weighted by molar-refractivity contribution is 8.00. The molecule has 14 amide bonds. The zero-order valence-corrected chi connectivity index (χ0v) is 70.1. The number of likely N-dealkylation sites (tertiary alicyclic amines) is 2. The highest BCUT2D eigenvalue weighted by Gasteiger charge is 2.46. The van der Waals surface area contributed by atoms with E-state index in [1.54, 1.807) is 61.9 Å². The molecule has 36 nitrogen and oxygen atoms in total. The van der Waals surface area contributed by atoms with E-state index in [1.807, 2.05) is 39.0 Å². The van der Waals surface area contributed by atoms with Crippen LogP contribution in [0.2, 0.25) is 0 Å². The van der Waals surface area contributed by atoms with E-state index in [-0.39, 0.29) is 81.4 Å². The summed E-state index contributed by atoms with van der Waals surface area (Å²) in [5.41, 5.74) is 14.8. The Hall–Kier alpha value is -11.0. The molecule has 2 aliphatic rings. The summed E-state index contributed by atoms with van der Waals surface area (Å²) in [7, 11) is 7.50. The number of unbranched alkanes of at least 4 members (excludes halogenated alkanes) is 2. The van der Waals surface area contributed by atoms with Gasteiger partial charge in [0.25, 0.3) is 0 Å². The molecule has 4 heterocycles. The molecule has 119 heavy (non-hydrogen) atoms. The van der Waals surface area contributed by atoms with Crippen LogP contribution in [0.1, 0.15) is 128 Å². The van der Waals surface area contributed by atoms with Crippen molar-refractivity contribution in [2.75, 3.05) is 73.0 Å². The number of nitrogens with zero attached hydrogens (tertiary/aromatic N) is 5. The van der Waals surface area contributed by atoms with Gasteiger partial charge in [0.2, 0.25) is 82.7 Å². The standard InChI is InChI=1S/C82H118N18O18S/c1-11-13-24-65(75(111)86-7)97(9)82(118)67(25-14-12-2)98(10)79(115)61(36-51-41-88-57-23-18-16-21-55(51)57)93-74(110)64(43-101)95-72(108)59(35-50-40-87-56-22-17-15-20-54(50)56)91-77(113)68-37-53(104)42-100(68)80(116)58(32-27-47(4)102)90-73(109)63(39-83)94-76(112)66-26-19-33-99(66)81(117)62(38-69(84)105)92-71(107)48(5)96(8)78(114)60(34-49-28-30-52(103)31-29-49)89-70(106)45-119-44-46(3)85-6/h15-18,20-23,28-31,40-41,46,48,53,58-68,85,87-88,101,103-104H,11-14,19,24-27,32-39,42-45,83H2,1-10H3,(H2,84,105)(H,86,111)(H,89,106)(H,90,109)(H,91,113)(H,92,107)(H,93,110)(H,94,112)(H,95,108)/t46-,48+,53-,58+,59+,60+,61+,62+,63+,64+,65+,66+,67+,68+/m1/s1. The van der Waals surface area contributed by atoms with E-state index in [1.165, 1.54) is 75.7 Å². The number of phenolic OH excluding ortho intramolecular Hbond substituents is 1. The van der Waals surface area contributed by atoms with Crippen LogP contribution in [0, 0.1) is 0 Å². The van der Waals surface area contributed by atoms with Crippen molar-refractivity contribution in [2.45, 2.75) is 216 Å². The quantitative estimate of drug-likeness (QED) is 0.0220. The monoisotopic (exact) mass is 1670 g/mol. The number of hydrogen-bond acceptors (Lipinski definition) is 21. The Morgan fingerprint density at radius 2 is 1.11 bits per heavy atom. The zero-order chi connectivity index (χ0) is 87.5. The smallest absolute Gasteiger partial charge is 0.246 e. The van der Waals surface area contributed by atoms with Crippen molar-refractivity contribution >= 4 is 122 Å². The predicted octanol–water partition coefficient (Wildman–Crippen LogP) is -1.11. The van der Waals surface area contributed by atoms with Crippen molar-refractivity contribution in [3.8, 4) is 5.75 Å². The molecule has 7 rings (SSSR count). The van der Waals surface area contributed by atoms with Crippen molar-refractivity contribution in [1.29, 1.82) is 0 Å². The number of benzene rings is 3. The fraction of sp³-hybridized carbons (Fsp3) is 0.549. The lowest BCUT2D eigenvalue weighted by Crippen LogP contribution is -2.62. The van der Waals surface area contributed by atoms with Crippen LogP contribution in [0.4, 0.5) is 0 Å². The number of β-amino-alcohol motifs (C(OH)–C–C–N with tert-alkyl or cyclic N) is 1. The van der Waals surface area contributed by atoms with Crippen molar-refractivity contribution in [3.05, 3.63) is 102 Å². The first kappa shape index (κ1) is 95.1. The Bertz CT molecular complexity index is 4390. The zero-order valence-electron chi connectivity index (χ0n) is 69.3. The van der Waals surface area contributed by atoms with E-state index in [9.17, 15) is 68.1 Å². The normalized spacial score (nSPS) is 17.3. The summed E-state index contributed by atoms with van der Waals surface area (Å²) in [4.78, 5) is 225. The van der Waals surface area contributed by atoms with Crippen LogP contribution < -0.4 is 59.3 Å². The molecular formula is C82H118N18O18S. The molecule has 14 atom stereocenters. The number of thioether (sulfide) groups is 1. The number of para-hydroxylation sites is 2. The number of ketones is 1. The highest BCUT2D eigenvalue weighted by Crippen LogP contribution is 2.27. The average Bonchev–Trinajstić information content (AvgIpc) is 1.68. The van der Waals surface area contributed by atoms with Crippen LogP contribution in [0.15, 0.2) is 85.2 Å². The Balaban J connectivity index is 1.07. The summed E-state index contributed by atoms with van der Waals surface area (Å²) in [5, 5.41) is 57.6. The SMILES string of the molecule is CCCC[C@@H](C(=O)N(C)[C@@H](CCCC)C(=O)NC)N(C)C(=O)[C@H](Cc1c[nH]c2ccccc12)NC(=O)[C@H](CO)NC(=O)[C@H](Cc1c[nH]c2ccccc12)NC(=O)[C@@H]1C[C@@H](O)CN1C(=O)[C@H](CCC(C)=O)NC(=O)[C@H](CN)NC(=O)[C@@H]1CCCN1C(=O)[C@H](CC(N)=O)NC(=O)[C@H](C)N(C)C(=O)[C@H](Cc1ccc(O)cc1)NC(=O)CSC[C@@H](C)NC. The molecule has 0 spiro atoms. The van der Waals surface area contributed by atoms with Gasteiger partial charge in [0, 0.05) is 126 Å². The first-order valence-electron chi connectivity index (χ1n) is 40.3. The molecule has 2 fully saturated rings. The summed E-state index contributed by atoms with van der Waals surface area (Å²) < 4.78 is 0. The number of Topliss-reactive ketones (excluding diaryl/α,β-unsaturated/α-hetero) is 1. The van der Waals surface area contributed by atoms with Gasteiger partial charge in [-0.15, -0.1) is 0 Å². The molecule has 2 saturated heterocycles. The Labute approximate surface area is 696 Å². The maximum Gasteiger partial charge on any atom is 0.246 e. The number of phenols is 1. The van der Waals surface area contributed by atoms with Crippen LogP contribution in [0.5, 0.6) is 5.75 Å². The first-order chi connectivity index (χ1) is 56.7. The number of H-pyrrole nitrogens is 2. The minimum Gasteiger partial charge on any atom is -0.508 e. The summed E-state index contributed by atoms with van der Waals surface area (Å²) >= 11 is 1.33. The number of nitrogens with one attached hydrogen (secondary N) is 11. The maximum absolute atomic E-state index is 15.2. The first-order valence-corrected chi connectivity index (χ1v) is 41.5. The largest absolute Gasteiger partial charge is 0.508 e. The second-order valence-corrected chi connectivity index (χ2v) is 31.6. The highest BCUT2D eigenvalue weighted by atomic mass is 32.2. The van der Waals surface area contributed by atoms with Gasteiger partial charge in [-0.2, -0.15) is 11.8 Å². The number of aliphatic hydroxyl groups excluding tert-OH is 2. The second kappa shape index (κ2) is 45.8. The number of rotatable bonds is 46. The van der Waals surface area contributed by atoms with Gasteiger partial charge in [0.15, 0.2) is 0 Å². The van der Waals surface area contributed by atoms with Crippen molar-refractivity contribution in [3.63, 3.8) is 0 Å². The lowest BCUT2D eigenvalue weighted by atomic mass is 10.00. The molecule has 0 radical (unpaired) electrons. The summed E-state index contributed by atoms with van der Waals surface area (Å²) in [5.74, 6) is -11.5. The number of fused-ring (bicyclic) bond motifs is 2. The number of aliphatic hydroxyl groups is 2. The van der Waals surface area contributed by atoms with E-state index in [0.29, 0.717) is 69.9 Å². The number of carbonyl (C=O) groups excluding carboxylic acids is 15. The molecular weight excluding hydrogens is 1560 g/mol. The third-order valence-electron chi connectivity index (χ3n) is 21.8. The molecule has 18 N–H and O–H groups in total.